The number of rotatable bonds is 6. The minimum absolute atomic E-state index is 0.0554. The fourth-order valence-corrected chi connectivity index (χ4v) is 4.70. The molecule has 0 spiro atoms. The van der Waals surface area contributed by atoms with E-state index in [1.54, 1.807) is 19.2 Å². The highest BCUT2D eigenvalue weighted by atomic mass is 79.9. The lowest BCUT2D eigenvalue weighted by Crippen LogP contribution is -2.36. The molecule has 1 aromatic carbocycles. The van der Waals surface area contributed by atoms with Gasteiger partial charge in [-0.1, -0.05) is 6.07 Å². The molecule has 0 amide bonds. The van der Waals surface area contributed by atoms with Crippen LogP contribution in [0, 0.1) is 5.92 Å². The summed E-state index contributed by atoms with van der Waals surface area (Å²) in [5.41, 5.74) is 0.960. The molecule has 1 unspecified atom stereocenters. The second-order valence-corrected chi connectivity index (χ2v) is 8.21. The standard InChI is InChI=1S/C14H21BrN2O2S/c1-10(12-5-6-12)17(3)20(18,19)14-8-11(9-16-2)4-7-13(14)15/h4,7-8,10,12,16H,5-6,9H2,1-3H3. The first-order valence-electron chi connectivity index (χ1n) is 6.79. The number of hydrogen-bond acceptors (Lipinski definition) is 3. The van der Waals surface area contributed by atoms with Crippen LogP contribution in [-0.4, -0.2) is 32.9 Å². The number of halogens is 1. The van der Waals surface area contributed by atoms with Crippen LogP contribution in [0.15, 0.2) is 27.6 Å². The summed E-state index contributed by atoms with van der Waals surface area (Å²) in [6.07, 6.45) is 2.25. The third-order valence-corrected chi connectivity index (χ3v) is 6.85. The predicted molar refractivity (Wildman–Crippen MR) is 84.0 cm³/mol. The summed E-state index contributed by atoms with van der Waals surface area (Å²) in [5.74, 6) is 0.508. The Balaban J connectivity index is 2.34. The lowest BCUT2D eigenvalue weighted by molar-refractivity contribution is 0.357. The summed E-state index contributed by atoms with van der Waals surface area (Å²) in [4.78, 5) is 0.347. The van der Waals surface area contributed by atoms with Crippen LogP contribution in [0.25, 0.3) is 0 Å². The molecule has 1 N–H and O–H groups in total. The summed E-state index contributed by atoms with van der Waals surface area (Å²) in [7, 11) is 0.0648. The van der Waals surface area contributed by atoms with Gasteiger partial charge in [-0.05, 0) is 66.4 Å². The largest absolute Gasteiger partial charge is 0.316 e. The van der Waals surface area contributed by atoms with Gasteiger partial charge in [0.25, 0.3) is 0 Å². The van der Waals surface area contributed by atoms with Gasteiger partial charge in [0.2, 0.25) is 10.0 Å². The van der Waals surface area contributed by atoms with Crippen LogP contribution in [0.2, 0.25) is 0 Å². The molecule has 2 rings (SSSR count). The highest BCUT2D eigenvalue weighted by molar-refractivity contribution is 9.10. The van der Waals surface area contributed by atoms with Crippen LogP contribution in [0.3, 0.4) is 0 Å². The van der Waals surface area contributed by atoms with Gasteiger partial charge in [-0.2, -0.15) is 4.31 Å². The number of nitrogens with one attached hydrogen (secondary N) is 1. The van der Waals surface area contributed by atoms with Crippen LogP contribution in [0.4, 0.5) is 0 Å². The van der Waals surface area contributed by atoms with Crippen LogP contribution < -0.4 is 5.32 Å². The number of hydrogen-bond donors (Lipinski definition) is 1. The topological polar surface area (TPSA) is 49.4 Å². The van der Waals surface area contributed by atoms with Crippen molar-refractivity contribution in [3.8, 4) is 0 Å². The molecule has 1 fully saturated rings. The van der Waals surface area contributed by atoms with E-state index in [-0.39, 0.29) is 6.04 Å². The Morgan fingerprint density at radius 1 is 1.45 bits per heavy atom. The Bertz CT molecular complexity index is 585. The molecule has 1 aliphatic carbocycles. The minimum Gasteiger partial charge on any atom is -0.316 e. The van der Waals surface area contributed by atoms with E-state index in [1.165, 1.54) is 4.31 Å². The van der Waals surface area contributed by atoms with Crippen molar-refractivity contribution < 1.29 is 8.42 Å². The van der Waals surface area contributed by atoms with Gasteiger partial charge < -0.3 is 5.32 Å². The molecule has 4 nitrogen and oxygen atoms in total. The summed E-state index contributed by atoms with van der Waals surface area (Å²) in [5, 5.41) is 3.04. The third-order valence-electron chi connectivity index (χ3n) is 3.91. The average Bonchev–Trinajstić information content (AvgIpc) is 3.23. The van der Waals surface area contributed by atoms with Gasteiger partial charge >= 0.3 is 0 Å². The Morgan fingerprint density at radius 2 is 2.10 bits per heavy atom. The fraction of sp³-hybridized carbons (Fsp3) is 0.571. The summed E-state index contributed by atoms with van der Waals surface area (Å²) >= 11 is 3.36. The van der Waals surface area contributed by atoms with Crippen LogP contribution in [0.5, 0.6) is 0 Å². The molecule has 0 radical (unpaired) electrons. The average molecular weight is 361 g/mol. The summed E-state index contributed by atoms with van der Waals surface area (Å²) < 4.78 is 27.6. The van der Waals surface area contributed by atoms with E-state index < -0.39 is 10.0 Å². The molecule has 20 heavy (non-hydrogen) atoms. The van der Waals surface area contributed by atoms with Crippen molar-refractivity contribution in [2.24, 2.45) is 5.92 Å². The first-order chi connectivity index (χ1) is 9.37. The molecule has 1 atom stereocenters. The van der Waals surface area contributed by atoms with Crippen LogP contribution >= 0.6 is 15.9 Å². The lowest BCUT2D eigenvalue weighted by atomic mass is 10.2. The van der Waals surface area contributed by atoms with Crippen molar-refractivity contribution in [3.05, 3.63) is 28.2 Å². The molecule has 1 saturated carbocycles. The Labute approximate surface area is 129 Å². The van der Waals surface area contributed by atoms with E-state index in [0.29, 0.717) is 21.8 Å². The monoisotopic (exact) mass is 360 g/mol. The molecule has 1 aliphatic rings. The maximum Gasteiger partial charge on any atom is 0.244 e. The first kappa shape index (κ1) is 15.9. The van der Waals surface area contributed by atoms with Crippen molar-refractivity contribution in [2.45, 2.75) is 37.2 Å². The number of nitrogens with zero attached hydrogens (tertiary/aromatic N) is 1. The van der Waals surface area contributed by atoms with Gasteiger partial charge in [0.1, 0.15) is 0 Å². The second-order valence-electron chi connectivity index (χ2n) is 5.39. The van der Waals surface area contributed by atoms with Crippen molar-refractivity contribution in [3.63, 3.8) is 0 Å². The molecule has 6 heteroatoms. The maximum absolute atomic E-state index is 12.8. The van der Waals surface area contributed by atoms with Crippen LogP contribution in [-0.2, 0) is 16.6 Å². The van der Waals surface area contributed by atoms with Crippen molar-refractivity contribution >= 4 is 26.0 Å². The van der Waals surface area contributed by atoms with E-state index in [9.17, 15) is 8.42 Å². The number of benzene rings is 1. The minimum atomic E-state index is -3.46. The Hall–Kier alpha value is -0.430. The highest BCUT2D eigenvalue weighted by Crippen LogP contribution is 2.37. The maximum atomic E-state index is 12.8. The van der Waals surface area contributed by atoms with Crippen molar-refractivity contribution in [1.82, 2.24) is 9.62 Å². The molecule has 0 heterocycles. The van der Waals surface area contributed by atoms with E-state index in [0.717, 1.165) is 18.4 Å². The molecule has 0 aromatic heterocycles. The Morgan fingerprint density at radius 3 is 2.65 bits per heavy atom. The molecule has 1 aromatic rings. The molecular formula is C14H21BrN2O2S. The first-order valence-corrected chi connectivity index (χ1v) is 9.02. The summed E-state index contributed by atoms with van der Waals surface area (Å²) in [6.45, 7) is 2.64. The van der Waals surface area contributed by atoms with Gasteiger partial charge in [-0.15, -0.1) is 0 Å². The van der Waals surface area contributed by atoms with E-state index in [2.05, 4.69) is 21.2 Å². The zero-order valence-electron chi connectivity index (χ0n) is 12.1. The lowest BCUT2D eigenvalue weighted by Gasteiger charge is -2.25. The second kappa shape index (κ2) is 6.13. The Kier molecular flexibility index (Phi) is 4.89. The third kappa shape index (κ3) is 3.24. The predicted octanol–water partition coefficient (Wildman–Crippen LogP) is 2.59. The molecule has 0 bridgehead atoms. The van der Waals surface area contributed by atoms with Gasteiger partial charge in [-0.25, -0.2) is 8.42 Å². The SMILES string of the molecule is CNCc1ccc(Br)c(S(=O)(=O)N(C)C(C)C2CC2)c1. The molecule has 0 aliphatic heterocycles. The molecular weight excluding hydrogens is 340 g/mol. The zero-order valence-corrected chi connectivity index (χ0v) is 14.5. The van der Waals surface area contributed by atoms with E-state index >= 15 is 0 Å². The summed E-state index contributed by atoms with van der Waals surface area (Å²) in [6, 6.07) is 5.52. The van der Waals surface area contributed by atoms with E-state index in [1.807, 2.05) is 20.0 Å². The van der Waals surface area contributed by atoms with Gasteiger partial charge in [0.15, 0.2) is 0 Å². The van der Waals surface area contributed by atoms with Crippen LogP contribution in [0.1, 0.15) is 25.3 Å². The van der Waals surface area contributed by atoms with Crippen molar-refractivity contribution in [2.75, 3.05) is 14.1 Å². The van der Waals surface area contributed by atoms with Crippen molar-refractivity contribution in [1.29, 1.82) is 0 Å². The molecule has 112 valence electrons. The fourth-order valence-electron chi connectivity index (χ4n) is 2.31. The zero-order chi connectivity index (χ0) is 14.9. The molecule has 0 saturated heterocycles. The normalized spacial score (nSPS) is 17.4. The van der Waals surface area contributed by atoms with Gasteiger partial charge in [0.05, 0.1) is 4.90 Å². The number of sulfonamides is 1. The quantitative estimate of drug-likeness (QED) is 0.847. The highest BCUT2D eigenvalue weighted by Gasteiger charge is 2.36. The van der Waals surface area contributed by atoms with Gasteiger partial charge in [-0.3, -0.25) is 0 Å². The smallest absolute Gasteiger partial charge is 0.244 e. The van der Waals surface area contributed by atoms with E-state index in [4.69, 9.17) is 0 Å². The van der Waals surface area contributed by atoms with Gasteiger partial charge in [0, 0.05) is 24.1 Å².